The molecule has 0 bridgehead atoms. The first-order chi connectivity index (χ1) is 15.9. The maximum absolute atomic E-state index is 13.0. The molecule has 0 aliphatic carbocycles. The Balaban J connectivity index is 1.24. The SMILES string of the molecule is O=C(CN1CCN(S(=O)(=O)c2ccc3c(c2)OCCO3)CC1)NC(=O)NCc1ccccc1. The minimum absolute atomic E-state index is 0.0106. The summed E-state index contributed by atoms with van der Waals surface area (Å²) in [6.45, 7) is 2.37. The minimum atomic E-state index is -3.69. The Bertz CT molecular complexity index is 1100. The Kier molecular flexibility index (Phi) is 7.11. The molecule has 0 aromatic heterocycles. The lowest BCUT2D eigenvalue weighted by molar-refractivity contribution is -0.121. The molecule has 11 heteroatoms. The number of benzene rings is 2. The average Bonchev–Trinajstić information content (AvgIpc) is 2.83. The van der Waals surface area contributed by atoms with E-state index in [9.17, 15) is 18.0 Å². The summed E-state index contributed by atoms with van der Waals surface area (Å²) in [5.74, 6) is 0.510. The Morgan fingerprint density at radius 3 is 2.33 bits per heavy atom. The number of hydrogen-bond donors (Lipinski definition) is 2. The van der Waals surface area contributed by atoms with Crippen LogP contribution >= 0.6 is 0 Å². The highest BCUT2D eigenvalue weighted by Crippen LogP contribution is 2.33. The molecule has 10 nitrogen and oxygen atoms in total. The van der Waals surface area contributed by atoms with E-state index < -0.39 is 22.0 Å². The summed E-state index contributed by atoms with van der Waals surface area (Å²) in [7, 11) is -3.69. The maximum atomic E-state index is 13.0. The smallest absolute Gasteiger partial charge is 0.321 e. The summed E-state index contributed by atoms with van der Waals surface area (Å²) >= 11 is 0. The highest BCUT2D eigenvalue weighted by molar-refractivity contribution is 7.89. The third-order valence-corrected chi connectivity index (χ3v) is 7.29. The molecular weight excluding hydrogens is 448 g/mol. The molecule has 2 N–H and O–H groups in total. The molecule has 1 fully saturated rings. The quantitative estimate of drug-likeness (QED) is 0.636. The number of urea groups is 1. The standard InChI is InChI=1S/C22H26N4O6S/c27-21(24-22(28)23-15-17-4-2-1-3-5-17)16-25-8-10-26(11-9-25)33(29,30)18-6-7-19-20(14-18)32-13-12-31-19/h1-7,14H,8-13,15-16H2,(H2,23,24,27,28). The third kappa shape index (κ3) is 5.81. The van der Waals surface area contributed by atoms with E-state index in [1.807, 2.05) is 35.2 Å². The van der Waals surface area contributed by atoms with Crippen LogP contribution in [0.15, 0.2) is 53.4 Å². The number of carbonyl (C=O) groups excluding carboxylic acids is 2. The van der Waals surface area contributed by atoms with Crippen LogP contribution in [0.4, 0.5) is 4.79 Å². The first-order valence-electron chi connectivity index (χ1n) is 10.7. The van der Waals surface area contributed by atoms with E-state index in [0.29, 0.717) is 44.3 Å². The van der Waals surface area contributed by atoms with Crippen molar-refractivity contribution in [3.8, 4) is 11.5 Å². The molecular formula is C22H26N4O6S. The number of ether oxygens (including phenoxy) is 2. The zero-order valence-corrected chi connectivity index (χ0v) is 18.8. The largest absolute Gasteiger partial charge is 0.486 e. The van der Waals surface area contributed by atoms with Crippen molar-refractivity contribution in [3.63, 3.8) is 0 Å². The predicted molar refractivity (Wildman–Crippen MR) is 119 cm³/mol. The van der Waals surface area contributed by atoms with Crippen molar-refractivity contribution in [2.75, 3.05) is 45.9 Å². The molecule has 0 saturated carbocycles. The van der Waals surface area contributed by atoms with Gasteiger partial charge in [-0.3, -0.25) is 15.0 Å². The lowest BCUT2D eigenvalue weighted by atomic mass is 10.2. The number of nitrogens with zero attached hydrogens (tertiary/aromatic N) is 2. The summed E-state index contributed by atoms with van der Waals surface area (Å²) in [4.78, 5) is 26.1. The van der Waals surface area contributed by atoms with Crippen LogP contribution in [0.5, 0.6) is 11.5 Å². The van der Waals surface area contributed by atoms with Crippen molar-refractivity contribution < 1.29 is 27.5 Å². The molecule has 0 radical (unpaired) electrons. The Morgan fingerprint density at radius 2 is 1.61 bits per heavy atom. The molecule has 0 atom stereocenters. The van der Waals surface area contributed by atoms with Gasteiger partial charge in [-0.25, -0.2) is 13.2 Å². The number of hydrogen-bond acceptors (Lipinski definition) is 7. The molecule has 33 heavy (non-hydrogen) atoms. The highest BCUT2D eigenvalue weighted by atomic mass is 32.2. The molecule has 0 spiro atoms. The van der Waals surface area contributed by atoms with E-state index in [1.165, 1.54) is 16.4 Å². The van der Waals surface area contributed by atoms with Crippen LogP contribution < -0.4 is 20.1 Å². The van der Waals surface area contributed by atoms with Gasteiger partial charge in [-0.2, -0.15) is 4.31 Å². The number of imide groups is 1. The fourth-order valence-corrected chi connectivity index (χ4v) is 5.09. The molecule has 0 unspecified atom stereocenters. The molecule has 4 rings (SSSR count). The van der Waals surface area contributed by atoms with Crippen molar-refractivity contribution >= 4 is 22.0 Å². The summed E-state index contributed by atoms with van der Waals surface area (Å²) < 4.78 is 38.4. The van der Waals surface area contributed by atoms with Gasteiger partial charge in [-0.05, 0) is 17.7 Å². The van der Waals surface area contributed by atoms with Crippen LogP contribution in [0, 0.1) is 0 Å². The van der Waals surface area contributed by atoms with Crippen molar-refractivity contribution in [1.82, 2.24) is 19.8 Å². The van der Waals surface area contributed by atoms with Crippen LogP contribution in [0.2, 0.25) is 0 Å². The highest BCUT2D eigenvalue weighted by Gasteiger charge is 2.30. The second-order valence-corrected chi connectivity index (χ2v) is 9.64. The van der Waals surface area contributed by atoms with E-state index in [4.69, 9.17) is 9.47 Å². The molecule has 1 saturated heterocycles. The summed E-state index contributed by atoms with van der Waals surface area (Å²) in [5, 5.41) is 4.94. The first-order valence-corrected chi connectivity index (χ1v) is 12.1. The number of fused-ring (bicyclic) bond motifs is 1. The van der Waals surface area contributed by atoms with Gasteiger partial charge in [0.05, 0.1) is 11.4 Å². The predicted octanol–water partition coefficient (Wildman–Crippen LogP) is 0.790. The summed E-state index contributed by atoms with van der Waals surface area (Å²) in [5.41, 5.74) is 0.926. The number of piperazine rings is 1. The van der Waals surface area contributed by atoms with Crippen LogP contribution in [-0.4, -0.2) is 75.5 Å². The maximum Gasteiger partial charge on any atom is 0.321 e. The monoisotopic (exact) mass is 474 g/mol. The number of amides is 3. The molecule has 3 amide bonds. The van der Waals surface area contributed by atoms with Crippen LogP contribution in [0.1, 0.15) is 5.56 Å². The molecule has 2 aromatic carbocycles. The fraction of sp³-hybridized carbons (Fsp3) is 0.364. The Labute approximate surface area is 192 Å². The zero-order valence-electron chi connectivity index (χ0n) is 18.0. The van der Waals surface area contributed by atoms with Gasteiger partial charge in [-0.1, -0.05) is 30.3 Å². The second-order valence-electron chi connectivity index (χ2n) is 7.70. The number of sulfonamides is 1. The van der Waals surface area contributed by atoms with Gasteiger partial charge in [0, 0.05) is 38.8 Å². The van der Waals surface area contributed by atoms with Gasteiger partial charge in [0.1, 0.15) is 13.2 Å². The molecule has 2 aromatic rings. The van der Waals surface area contributed by atoms with Gasteiger partial charge >= 0.3 is 6.03 Å². The van der Waals surface area contributed by atoms with Crippen molar-refractivity contribution in [2.45, 2.75) is 11.4 Å². The van der Waals surface area contributed by atoms with Crippen LogP contribution in [0.25, 0.3) is 0 Å². The molecule has 2 aliphatic heterocycles. The number of carbonyl (C=O) groups is 2. The zero-order chi connectivity index (χ0) is 23.3. The van der Waals surface area contributed by atoms with Crippen molar-refractivity contribution in [2.24, 2.45) is 0 Å². The van der Waals surface area contributed by atoms with E-state index in [2.05, 4.69) is 10.6 Å². The van der Waals surface area contributed by atoms with E-state index in [0.717, 1.165) is 5.56 Å². The fourth-order valence-electron chi connectivity index (χ4n) is 3.65. The molecule has 2 aliphatic rings. The minimum Gasteiger partial charge on any atom is -0.486 e. The lowest BCUT2D eigenvalue weighted by Gasteiger charge is -2.33. The van der Waals surface area contributed by atoms with Gasteiger partial charge in [0.25, 0.3) is 0 Å². The molecule has 2 heterocycles. The van der Waals surface area contributed by atoms with Gasteiger partial charge in [0.2, 0.25) is 15.9 Å². The second kappa shape index (κ2) is 10.2. The van der Waals surface area contributed by atoms with Crippen LogP contribution in [-0.2, 0) is 21.4 Å². The van der Waals surface area contributed by atoms with E-state index >= 15 is 0 Å². The van der Waals surface area contributed by atoms with Crippen molar-refractivity contribution in [1.29, 1.82) is 0 Å². The van der Waals surface area contributed by atoms with Crippen LogP contribution in [0.3, 0.4) is 0 Å². The lowest BCUT2D eigenvalue weighted by Crippen LogP contribution is -2.52. The summed E-state index contributed by atoms with van der Waals surface area (Å²) in [6, 6.07) is 13.4. The average molecular weight is 475 g/mol. The molecule has 176 valence electrons. The number of nitrogens with one attached hydrogen (secondary N) is 2. The first kappa shape index (κ1) is 23.0. The van der Waals surface area contributed by atoms with E-state index in [1.54, 1.807) is 6.07 Å². The van der Waals surface area contributed by atoms with Crippen molar-refractivity contribution in [3.05, 3.63) is 54.1 Å². The number of rotatable bonds is 6. The third-order valence-electron chi connectivity index (χ3n) is 5.40. The normalized spacial score (nSPS) is 16.7. The topological polar surface area (TPSA) is 117 Å². The van der Waals surface area contributed by atoms with Gasteiger partial charge in [0.15, 0.2) is 11.5 Å². The van der Waals surface area contributed by atoms with E-state index in [-0.39, 0.29) is 24.5 Å². The summed E-state index contributed by atoms with van der Waals surface area (Å²) in [6.07, 6.45) is 0. The Hall–Kier alpha value is -3.15. The Morgan fingerprint density at radius 1 is 0.909 bits per heavy atom. The van der Waals surface area contributed by atoms with Gasteiger partial charge < -0.3 is 14.8 Å². The van der Waals surface area contributed by atoms with Gasteiger partial charge in [-0.15, -0.1) is 0 Å².